The molecule has 0 saturated heterocycles. The maximum absolute atomic E-state index is 10.7. The van der Waals surface area contributed by atoms with E-state index < -0.39 is 11.9 Å². The van der Waals surface area contributed by atoms with Gasteiger partial charge >= 0.3 is 71.1 Å². The predicted octanol–water partition coefficient (Wildman–Crippen LogP) is -4.30. The Balaban J connectivity index is -0.000000845. The van der Waals surface area contributed by atoms with E-state index in [0.29, 0.717) is 0 Å². The topological polar surface area (TPSA) is 129 Å². The van der Waals surface area contributed by atoms with Gasteiger partial charge in [-0.25, -0.2) is 9.59 Å². The average molecular weight is 254 g/mol. The van der Waals surface area contributed by atoms with E-state index in [1.807, 2.05) is 0 Å². The van der Waals surface area contributed by atoms with E-state index >= 15 is 0 Å². The van der Waals surface area contributed by atoms with Crippen LogP contribution in [-0.2, 0) is 19.3 Å². The van der Waals surface area contributed by atoms with Crippen molar-refractivity contribution in [3.63, 3.8) is 0 Å². The summed E-state index contributed by atoms with van der Waals surface area (Å²) >= 11 is 0. The summed E-state index contributed by atoms with van der Waals surface area (Å²) in [5.74, 6) is -2.30. The Labute approximate surface area is 138 Å². The van der Waals surface area contributed by atoms with Crippen molar-refractivity contribution in [2.45, 2.75) is 0 Å². The molecule has 0 atom stereocenters. The number of hydrogen-bond donors (Lipinski definition) is 4. The molecule has 0 rings (SSSR count). The molecule has 0 amide bonds. The van der Waals surface area contributed by atoms with Gasteiger partial charge < -0.3 is 21.1 Å². The Morgan fingerprint density at radius 3 is 1.44 bits per heavy atom. The third-order valence-corrected chi connectivity index (χ3v) is 0.989. The zero-order valence-electron chi connectivity index (χ0n) is 7.62. The number of rotatable bonds is 6. The second-order valence-corrected chi connectivity index (χ2v) is 2.15. The summed E-state index contributed by atoms with van der Waals surface area (Å²) in [4.78, 5) is 30.0. The van der Waals surface area contributed by atoms with E-state index in [2.05, 4.69) is 20.6 Å². The third-order valence-electron chi connectivity index (χ3n) is 0.989. The van der Waals surface area contributed by atoms with Crippen molar-refractivity contribution in [2.24, 2.45) is 11.5 Å². The molecule has 0 unspecified atom stereocenters. The SMILES string of the molecule is NCCNOC(=O)C(=O)ONCCN.[NaH].[NaH]. The molecule has 0 aromatic carbocycles. The van der Waals surface area contributed by atoms with Crippen molar-refractivity contribution in [2.75, 3.05) is 26.2 Å². The quantitative estimate of drug-likeness (QED) is 0.162. The molecular formula is C6H16N4Na2O4. The normalized spacial score (nSPS) is 8.38. The van der Waals surface area contributed by atoms with Gasteiger partial charge in [-0.05, 0) is 0 Å². The van der Waals surface area contributed by atoms with Crippen LogP contribution in [0.15, 0.2) is 0 Å². The van der Waals surface area contributed by atoms with E-state index in [0.717, 1.165) is 0 Å². The summed E-state index contributed by atoms with van der Waals surface area (Å²) < 4.78 is 0. The van der Waals surface area contributed by atoms with Crippen LogP contribution in [0.4, 0.5) is 0 Å². The molecule has 0 aromatic heterocycles. The van der Waals surface area contributed by atoms with Crippen LogP contribution in [-0.4, -0.2) is 97.2 Å². The maximum atomic E-state index is 10.7. The second kappa shape index (κ2) is 15.8. The average Bonchev–Trinajstić information content (AvgIpc) is 2.18. The number of hydrogen-bond acceptors (Lipinski definition) is 8. The third kappa shape index (κ3) is 12.8. The number of nitrogens with two attached hydrogens (primary N) is 2. The minimum atomic E-state index is -1.15. The van der Waals surface area contributed by atoms with Gasteiger partial charge in [-0.15, -0.1) is 0 Å². The van der Waals surface area contributed by atoms with Gasteiger partial charge in [0.1, 0.15) is 0 Å². The minimum absolute atomic E-state index is 0. The van der Waals surface area contributed by atoms with Gasteiger partial charge in [-0.2, -0.15) is 11.0 Å². The van der Waals surface area contributed by atoms with E-state index in [1.165, 1.54) is 0 Å². The molecule has 8 nitrogen and oxygen atoms in total. The van der Waals surface area contributed by atoms with Crippen molar-refractivity contribution < 1.29 is 19.3 Å². The standard InChI is InChI=1S/C6H14N4O4.2Na.2H/c7-1-3-9-13-5(11)6(12)14-10-4-2-8;;;;/h9-10H,1-4,7-8H2;;;;. The molecule has 0 bridgehead atoms. The van der Waals surface area contributed by atoms with Crippen LogP contribution in [0.2, 0.25) is 0 Å². The zero-order valence-corrected chi connectivity index (χ0v) is 7.62. The van der Waals surface area contributed by atoms with Crippen LogP contribution in [0.3, 0.4) is 0 Å². The molecule has 0 aliphatic rings. The van der Waals surface area contributed by atoms with Crippen molar-refractivity contribution in [1.82, 2.24) is 11.0 Å². The number of carbonyl (C=O) groups excluding carboxylic acids is 2. The summed E-state index contributed by atoms with van der Waals surface area (Å²) in [5.41, 5.74) is 14.5. The van der Waals surface area contributed by atoms with E-state index in [9.17, 15) is 9.59 Å². The Hall–Kier alpha value is 0.780. The monoisotopic (exact) mass is 254 g/mol. The van der Waals surface area contributed by atoms with Crippen LogP contribution in [0, 0.1) is 0 Å². The van der Waals surface area contributed by atoms with Crippen molar-refractivity contribution in [3.8, 4) is 0 Å². The fraction of sp³-hybridized carbons (Fsp3) is 0.667. The van der Waals surface area contributed by atoms with Crippen LogP contribution in [0.25, 0.3) is 0 Å². The summed E-state index contributed by atoms with van der Waals surface area (Å²) in [6.45, 7) is 1.09. The van der Waals surface area contributed by atoms with E-state index in [1.54, 1.807) is 0 Å². The molecule has 0 aliphatic carbocycles. The van der Waals surface area contributed by atoms with Gasteiger partial charge in [0.25, 0.3) is 0 Å². The Morgan fingerprint density at radius 2 is 1.19 bits per heavy atom. The molecular weight excluding hydrogens is 238 g/mol. The number of carbonyl (C=O) groups is 2. The molecule has 0 spiro atoms. The molecule has 0 aromatic rings. The summed E-state index contributed by atoms with van der Waals surface area (Å²) in [7, 11) is 0. The van der Waals surface area contributed by atoms with Gasteiger partial charge in [-0.1, -0.05) is 0 Å². The van der Waals surface area contributed by atoms with Crippen molar-refractivity contribution >= 4 is 71.1 Å². The van der Waals surface area contributed by atoms with Crippen LogP contribution < -0.4 is 22.4 Å². The first-order valence-electron chi connectivity index (χ1n) is 4.00. The number of hydroxylamine groups is 2. The van der Waals surface area contributed by atoms with E-state index in [4.69, 9.17) is 11.5 Å². The van der Waals surface area contributed by atoms with Gasteiger partial charge in [0, 0.05) is 26.2 Å². The van der Waals surface area contributed by atoms with Crippen LogP contribution >= 0.6 is 0 Å². The van der Waals surface area contributed by atoms with Crippen LogP contribution in [0.1, 0.15) is 0 Å². The Morgan fingerprint density at radius 1 is 0.875 bits per heavy atom. The predicted molar refractivity (Wildman–Crippen MR) is 60.6 cm³/mol. The van der Waals surface area contributed by atoms with Gasteiger partial charge in [0.05, 0.1) is 0 Å². The first kappa shape index (κ1) is 22.0. The summed E-state index contributed by atoms with van der Waals surface area (Å²) in [6.07, 6.45) is 0. The molecule has 0 heterocycles. The van der Waals surface area contributed by atoms with E-state index in [-0.39, 0.29) is 85.3 Å². The van der Waals surface area contributed by atoms with Crippen LogP contribution in [0.5, 0.6) is 0 Å². The van der Waals surface area contributed by atoms with Crippen molar-refractivity contribution in [3.05, 3.63) is 0 Å². The fourth-order valence-corrected chi connectivity index (χ4v) is 0.434. The van der Waals surface area contributed by atoms with Gasteiger partial charge in [0.2, 0.25) is 0 Å². The molecule has 6 N–H and O–H groups in total. The zero-order chi connectivity index (χ0) is 10.8. The van der Waals surface area contributed by atoms with Gasteiger partial charge in [0.15, 0.2) is 0 Å². The molecule has 16 heavy (non-hydrogen) atoms. The molecule has 0 radical (unpaired) electrons. The molecule has 0 saturated carbocycles. The molecule has 86 valence electrons. The number of nitrogens with one attached hydrogen (secondary N) is 2. The summed E-state index contributed by atoms with van der Waals surface area (Å²) in [6, 6.07) is 0. The molecule has 0 aliphatic heterocycles. The first-order chi connectivity index (χ1) is 6.72. The first-order valence-corrected chi connectivity index (χ1v) is 4.00. The fourth-order valence-electron chi connectivity index (χ4n) is 0.434. The molecule has 10 heteroatoms. The van der Waals surface area contributed by atoms with Gasteiger partial charge in [-0.3, -0.25) is 0 Å². The Kier molecular flexibility index (Phi) is 21.7. The van der Waals surface area contributed by atoms with Crippen molar-refractivity contribution in [1.29, 1.82) is 0 Å². The summed E-state index contributed by atoms with van der Waals surface area (Å²) in [5, 5.41) is 0. The Bertz CT molecular complexity index is 175. The molecule has 0 fully saturated rings. The second-order valence-electron chi connectivity index (χ2n) is 2.15.